The first-order valence-corrected chi connectivity index (χ1v) is 9.60. The number of carbonyl (C=O) groups excluding carboxylic acids is 3. The number of rotatable bonds is 5. The monoisotopic (exact) mass is 383 g/mol. The molecule has 2 unspecified atom stereocenters. The summed E-state index contributed by atoms with van der Waals surface area (Å²) in [5.41, 5.74) is -1.48. The summed E-state index contributed by atoms with van der Waals surface area (Å²) < 4.78 is 5.58. The molecule has 2 fully saturated rings. The van der Waals surface area contributed by atoms with Crippen molar-refractivity contribution in [2.75, 3.05) is 20.6 Å². The van der Waals surface area contributed by atoms with Crippen molar-refractivity contribution in [2.45, 2.75) is 76.7 Å². The molecule has 8 nitrogen and oxygen atoms in total. The van der Waals surface area contributed by atoms with Crippen LogP contribution < -0.4 is 5.32 Å². The number of aliphatic hydroxyl groups is 1. The van der Waals surface area contributed by atoms with Gasteiger partial charge in [0.15, 0.2) is 0 Å². The Hall–Kier alpha value is -1.83. The second-order valence-electron chi connectivity index (χ2n) is 8.77. The van der Waals surface area contributed by atoms with Gasteiger partial charge in [0.05, 0.1) is 18.6 Å². The van der Waals surface area contributed by atoms with E-state index >= 15 is 0 Å². The number of aliphatic hydroxyl groups excluding tert-OH is 1. The zero-order chi connectivity index (χ0) is 20.6. The molecule has 2 saturated heterocycles. The standard InChI is InChI=1S/C19H33N3O5/c1-12(23)14(15(24)20-5)8-7-13-9-10-19(11-21(6)16(19)25)22(13)17(26)27-18(2,3)4/h12-14,23H,7-11H2,1-6H3,(H,20,24)/t12-,13?,14+,19?/m1/s1. The average Bonchev–Trinajstić information content (AvgIpc) is 2.93. The molecule has 0 radical (unpaired) electrons. The van der Waals surface area contributed by atoms with Crippen molar-refractivity contribution in [3.63, 3.8) is 0 Å². The molecule has 27 heavy (non-hydrogen) atoms. The summed E-state index contributed by atoms with van der Waals surface area (Å²) in [4.78, 5) is 40.7. The Morgan fingerprint density at radius 2 is 2.04 bits per heavy atom. The lowest BCUT2D eigenvalue weighted by Gasteiger charge is -2.50. The van der Waals surface area contributed by atoms with Crippen LogP contribution >= 0.6 is 0 Å². The van der Waals surface area contributed by atoms with Crippen molar-refractivity contribution in [1.29, 1.82) is 0 Å². The molecule has 0 bridgehead atoms. The van der Waals surface area contributed by atoms with Crippen molar-refractivity contribution in [1.82, 2.24) is 15.1 Å². The predicted molar refractivity (Wildman–Crippen MR) is 99.9 cm³/mol. The summed E-state index contributed by atoms with van der Waals surface area (Å²) >= 11 is 0. The number of likely N-dealkylation sites (tertiary alicyclic amines) is 2. The van der Waals surface area contributed by atoms with Crippen LogP contribution in [0.5, 0.6) is 0 Å². The smallest absolute Gasteiger partial charge is 0.411 e. The molecule has 3 amide bonds. The molecule has 4 atom stereocenters. The highest BCUT2D eigenvalue weighted by Crippen LogP contribution is 2.43. The molecule has 1 spiro atoms. The van der Waals surface area contributed by atoms with Gasteiger partial charge < -0.3 is 20.1 Å². The minimum atomic E-state index is -0.824. The van der Waals surface area contributed by atoms with Crippen LogP contribution in [0.25, 0.3) is 0 Å². The number of amides is 3. The first-order valence-electron chi connectivity index (χ1n) is 9.60. The molecule has 0 saturated carbocycles. The second-order valence-corrected chi connectivity index (χ2v) is 8.77. The first kappa shape index (κ1) is 21.5. The van der Waals surface area contributed by atoms with Gasteiger partial charge in [-0.05, 0) is 53.4 Å². The van der Waals surface area contributed by atoms with Crippen LogP contribution in [-0.4, -0.2) is 76.7 Å². The summed E-state index contributed by atoms with van der Waals surface area (Å²) in [6, 6.07) is -0.191. The number of nitrogens with one attached hydrogen (secondary N) is 1. The van der Waals surface area contributed by atoms with E-state index in [4.69, 9.17) is 4.74 Å². The lowest BCUT2D eigenvalue weighted by Crippen LogP contribution is -2.72. The highest BCUT2D eigenvalue weighted by atomic mass is 16.6. The fourth-order valence-electron chi connectivity index (χ4n) is 4.22. The quantitative estimate of drug-likeness (QED) is 0.693. The van der Waals surface area contributed by atoms with Crippen molar-refractivity contribution in [3.05, 3.63) is 0 Å². The van der Waals surface area contributed by atoms with E-state index in [0.717, 1.165) is 0 Å². The van der Waals surface area contributed by atoms with Gasteiger partial charge in [-0.25, -0.2) is 4.79 Å². The van der Waals surface area contributed by atoms with E-state index in [2.05, 4.69) is 5.32 Å². The number of hydrogen-bond donors (Lipinski definition) is 2. The zero-order valence-corrected chi connectivity index (χ0v) is 17.2. The van der Waals surface area contributed by atoms with E-state index in [1.54, 1.807) is 44.5 Å². The lowest BCUT2D eigenvalue weighted by atomic mass is 9.86. The van der Waals surface area contributed by atoms with Crippen molar-refractivity contribution in [2.24, 2.45) is 5.92 Å². The van der Waals surface area contributed by atoms with Gasteiger partial charge in [-0.3, -0.25) is 14.5 Å². The summed E-state index contributed by atoms with van der Waals surface area (Å²) in [7, 11) is 3.27. The maximum absolute atomic E-state index is 12.9. The number of nitrogens with zero attached hydrogens (tertiary/aromatic N) is 2. The number of β-lactam (4-membered cyclic amide) rings is 1. The van der Waals surface area contributed by atoms with Gasteiger partial charge in [0.2, 0.25) is 11.8 Å². The van der Waals surface area contributed by atoms with E-state index in [1.165, 1.54) is 7.05 Å². The first-order chi connectivity index (χ1) is 12.4. The number of likely N-dealkylation sites (N-methyl/N-ethyl adjacent to an activating group) is 1. The fourth-order valence-corrected chi connectivity index (χ4v) is 4.22. The number of ether oxygens (including phenoxy) is 1. The normalized spacial score (nSPS) is 27.4. The van der Waals surface area contributed by atoms with Gasteiger partial charge in [0.25, 0.3) is 0 Å². The van der Waals surface area contributed by atoms with E-state index < -0.39 is 29.3 Å². The lowest BCUT2D eigenvalue weighted by molar-refractivity contribution is -0.159. The Kier molecular flexibility index (Phi) is 6.09. The van der Waals surface area contributed by atoms with Gasteiger partial charge in [0, 0.05) is 20.1 Å². The van der Waals surface area contributed by atoms with Crippen molar-refractivity contribution < 1.29 is 24.2 Å². The Morgan fingerprint density at radius 3 is 2.48 bits per heavy atom. The van der Waals surface area contributed by atoms with Gasteiger partial charge in [-0.1, -0.05) is 0 Å². The fraction of sp³-hybridized carbons (Fsp3) is 0.842. The Labute approximate surface area is 161 Å². The minimum Gasteiger partial charge on any atom is -0.444 e. The third kappa shape index (κ3) is 4.20. The van der Waals surface area contributed by atoms with Crippen LogP contribution in [0.15, 0.2) is 0 Å². The third-order valence-electron chi connectivity index (χ3n) is 5.53. The molecule has 0 aliphatic carbocycles. The SMILES string of the molecule is CNC(=O)[C@@H](CCC1CCC2(CN(C)C2=O)N1C(=O)OC(C)(C)C)[C@@H](C)O. The summed E-state index contributed by atoms with van der Waals surface area (Å²) in [6.07, 6.45) is 0.965. The molecular formula is C19H33N3O5. The molecule has 154 valence electrons. The van der Waals surface area contributed by atoms with Crippen LogP contribution in [-0.2, 0) is 14.3 Å². The van der Waals surface area contributed by atoms with Gasteiger partial charge >= 0.3 is 6.09 Å². The highest BCUT2D eigenvalue weighted by molar-refractivity contribution is 5.96. The van der Waals surface area contributed by atoms with E-state index in [-0.39, 0.29) is 17.9 Å². The average molecular weight is 383 g/mol. The highest BCUT2D eigenvalue weighted by Gasteiger charge is 2.62. The summed E-state index contributed by atoms with van der Waals surface area (Å²) in [5.74, 6) is -0.831. The summed E-state index contributed by atoms with van der Waals surface area (Å²) in [6.45, 7) is 7.48. The Morgan fingerprint density at radius 1 is 1.41 bits per heavy atom. The number of carbonyl (C=O) groups is 3. The van der Waals surface area contributed by atoms with Crippen LogP contribution in [0.4, 0.5) is 4.79 Å². The van der Waals surface area contributed by atoms with Crippen molar-refractivity contribution >= 4 is 17.9 Å². The largest absolute Gasteiger partial charge is 0.444 e. The minimum absolute atomic E-state index is 0.0609. The third-order valence-corrected chi connectivity index (χ3v) is 5.53. The van der Waals surface area contributed by atoms with E-state index in [0.29, 0.717) is 32.2 Å². The molecule has 2 N–H and O–H groups in total. The van der Waals surface area contributed by atoms with Crippen LogP contribution in [0.3, 0.4) is 0 Å². The van der Waals surface area contributed by atoms with Gasteiger partial charge in [0.1, 0.15) is 11.1 Å². The van der Waals surface area contributed by atoms with Crippen LogP contribution in [0, 0.1) is 5.92 Å². The molecule has 2 heterocycles. The molecule has 0 aromatic carbocycles. The Bertz CT molecular complexity index is 601. The van der Waals surface area contributed by atoms with Crippen LogP contribution in [0.1, 0.15) is 53.4 Å². The van der Waals surface area contributed by atoms with E-state index in [1.807, 2.05) is 0 Å². The van der Waals surface area contributed by atoms with Crippen molar-refractivity contribution in [3.8, 4) is 0 Å². The van der Waals surface area contributed by atoms with Crippen LogP contribution in [0.2, 0.25) is 0 Å². The summed E-state index contributed by atoms with van der Waals surface area (Å²) in [5, 5.41) is 12.5. The molecular weight excluding hydrogens is 350 g/mol. The topological polar surface area (TPSA) is 99.2 Å². The predicted octanol–water partition coefficient (Wildman–Crippen LogP) is 1.12. The Balaban J connectivity index is 2.18. The molecule has 2 aliphatic heterocycles. The maximum Gasteiger partial charge on any atom is 0.411 e. The maximum atomic E-state index is 12.9. The van der Waals surface area contributed by atoms with Gasteiger partial charge in [-0.2, -0.15) is 0 Å². The molecule has 0 aromatic rings. The van der Waals surface area contributed by atoms with Gasteiger partial charge in [-0.15, -0.1) is 0 Å². The number of hydrogen-bond acceptors (Lipinski definition) is 5. The molecule has 2 rings (SSSR count). The molecule has 2 aliphatic rings. The molecule has 8 heteroatoms. The van der Waals surface area contributed by atoms with E-state index in [9.17, 15) is 19.5 Å². The molecule has 0 aromatic heterocycles. The zero-order valence-electron chi connectivity index (χ0n) is 17.2. The second kappa shape index (κ2) is 7.66.